The Hall–Kier alpha value is -1.20. The van der Waals surface area contributed by atoms with E-state index < -0.39 is 5.82 Å². The van der Waals surface area contributed by atoms with E-state index in [2.05, 4.69) is 25.9 Å². The SMILES string of the molecule is Cc1c(-c2ccc(Br)c(Cl)c2F)nc[nH]c1=O. The zero-order valence-corrected chi connectivity index (χ0v) is 11.1. The second-order valence-corrected chi connectivity index (χ2v) is 4.66. The van der Waals surface area contributed by atoms with E-state index in [1.54, 1.807) is 13.0 Å². The van der Waals surface area contributed by atoms with E-state index >= 15 is 0 Å². The maximum atomic E-state index is 13.9. The van der Waals surface area contributed by atoms with Crippen LogP contribution in [0.2, 0.25) is 5.02 Å². The topological polar surface area (TPSA) is 45.8 Å². The van der Waals surface area contributed by atoms with Crippen LogP contribution < -0.4 is 5.56 Å². The molecule has 1 aromatic heterocycles. The first kappa shape index (κ1) is 12.3. The van der Waals surface area contributed by atoms with Gasteiger partial charge in [-0.3, -0.25) is 4.79 Å². The Balaban J connectivity index is 2.74. The molecule has 1 aromatic carbocycles. The van der Waals surface area contributed by atoms with E-state index in [1.165, 1.54) is 12.4 Å². The number of halogens is 3. The lowest BCUT2D eigenvalue weighted by Crippen LogP contribution is -2.11. The third kappa shape index (κ3) is 2.12. The van der Waals surface area contributed by atoms with Gasteiger partial charge < -0.3 is 4.98 Å². The van der Waals surface area contributed by atoms with Gasteiger partial charge in [0.1, 0.15) is 0 Å². The molecule has 6 heteroatoms. The first-order valence-electron chi connectivity index (χ1n) is 4.70. The molecule has 0 saturated heterocycles. The molecule has 0 amide bonds. The Labute approximate surface area is 110 Å². The highest BCUT2D eigenvalue weighted by Crippen LogP contribution is 2.32. The minimum absolute atomic E-state index is 0.0241. The fourth-order valence-corrected chi connectivity index (χ4v) is 1.92. The summed E-state index contributed by atoms with van der Waals surface area (Å²) in [6, 6.07) is 3.14. The molecule has 0 aliphatic heterocycles. The Morgan fingerprint density at radius 2 is 2.18 bits per heavy atom. The standard InChI is InChI=1S/C11H7BrClFN2O/c1-5-10(15-4-16-11(5)17)6-2-3-7(12)8(13)9(6)14/h2-4H,1H3,(H,15,16,17). The first-order valence-corrected chi connectivity index (χ1v) is 5.87. The van der Waals surface area contributed by atoms with Crippen LogP contribution in [0.5, 0.6) is 0 Å². The van der Waals surface area contributed by atoms with E-state index in [4.69, 9.17) is 11.6 Å². The molecule has 2 aromatic rings. The van der Waals surface area contributed by atoms with Crippen LogP contribution in [-0.4, -0.2) is 9.97 Å². The molecule has 0 aliphatic rings. The summed E-state index contributed by atoms with van der Waals surface area (Å²) in [6.07, 6.45) is 1.24. The predicted molar refractivity (Wildman–Crippen MR) is 67.7 cm³/mol. The average molecular weight is 318 g/mol. The molecule has 1 heterocycles. The number of hydrogen-bond acceptors (Lipinski definition) is 2. The number of nitrogens with zero attached hydrogens (tertiary/aromatic N) is 1. The number of nitrogens with one attached hydrogen (secondary N) is 1. The number of benzene rings is 1. The first-order chi connectivity index (χ1) is 8.02. The maximum absolute atomic E-state index is 13.9. The van der Waals surface area contributed by atoms with Crippen LogP contribution in [0.1, 0.15) is 5.56 Å². The molecule has 0 fully saturated rings. The lowest BCUT2D eigenvalue weighted by atomic mass is 10.1. The number of H-pyrrole nitrogens is 1. The minimum atomic E-state index is -0.595. The van der Waals surface area contributed by atoms with Crippen LogP contribution in [0, 0.1) is 12.7 Å². The van der Waals surface area contributed by atoms with Crippen molar-refractivity contribution in [1.82, 2.24) is 9.97 Å². The van der Waals surface area contributed by atoms with Crippen molar-refractivity contribution in [1.29, 1.82) is 0 Å². The van der Waals surface area contributed by atoms with Crippen molar-refractivity contribution in [2.45, 2.75) is 6.92 Å². The Kier molecular flexibility index (Phi) is 3.31. The molecule has 2 rings (SSSR count). The van der Waals surface area contributed by atoms with Crippen LogP contribution >= 0.6 is 27.5 Å². The van der Waals surface area contributed by atoms with Gasteiger partial charge in [0, 0.05) is 15.6 Å². The number of hydrogen-bond donors (Lipinski definition) is 1. The summed E-state index contributed by atoms with van der Waals surface area (Å²) in [5.74, 6) is -0.595. The van der Waals surface area contributed by atoms with Gasteiger partial charge in [-0.1, -0.05) is 11.6 Å². The third-order valence-corrected chi connectivity index (χ3v) is 3.63. The van der Waals surface area contributed by atoms with Gasteiger partial charge >= 0.3 is 0 Å². The summed E-state index contributed by atoms with van der Waals surface area (Å²) < 4.78 is 14.4. The molecule has 17 heavy (non-hydrogen) atoms. The second kappa shape index (κ2) is 4.58. The summed E-state index contributed by atoms with van der Waals surface area (Å²) in [4.78, 5) is 17.8. The lowest BCUT2D eigenvalue weighted by Gasteiger charge is -2.07. The van der Waals surface area contributed by atoms with Gasteiger partial charge in [-0.05, 0) is 35.0 Å². The van der Waals surface area contributed by atoms with Gasteiger partial charge in [-0.15, -0.1) is 0 Å². The van der Waals surface area contributed by atoms with Gasteiger partial charge in [0.15, 0.2) is 5.82 Å². The predicted octanol–water partition coefficient (Wildman–Crippen LogP) is 3.30. The number of aromatic nitrogens is 2. The van der Waals surface area contributed by atoms with E-state index in [0.717, 1.165) is 0 Å². The van der Waals surface area contributed by atoms with Gasteiger partial charge in [0.2, 0.25) is 0 Å². The Bertz CT molecular complexity index is 642. The smallest absolute Gasteiger partial charge is 0.254 e. The third-order valence-electron chi connectivity index (χ3n) is 2.38. The van der Waals surface area contributed by atoms with Gasteiger partial charge in [0.25, 0.3) is 5.56 Å². The molecule has 0 unspecified atom stereocenters. The van der Waals surface area contributed by atoms with Crippen molar-refractivity contribution < 1.29 is 4.39 Å². The van der Waals surface area contributed by atoms with Gasteiger partial charge in [-0.25, -0.2) is 9.37 Å². The Morgan fingerprint density at radius 3 is 2.88 bits per heavy atom. The summed E-state index contributed by atoms with van der Waals surface area (Å²) in [6.45, 7) is 1.58. The fraction of sp³-hybridized carbons (Fsp3) is 0.0909. The molecule has 0 bridgehead atoms. The van der Waals surface area contributed by atoms with E-state index in [1.807, 2.05) is 0 Å². The van der Waals surface area contributed by atoms with Crippen LogP contribution in [-0.2, 0) is 0 Å². The lowest BCUT2D eigenvalue weighted by molar-refractivity contribution is 0.630. The van der Waals surface area contributed by atoms with Gasteiger partial charge in [0.05, 0.1) is 17.0 Å². The van der Waals surface area contributed by atoms with Crippen LogP contribution in [0.4, 0.5) is 4.39 Å². The highest BCUT2D eigenvalue weighted by atomic mass is 79.9. The molecular formula is C11H7BrClFN2O. The molecule has 0 radical (unpaired) electrons. The summed E-state index contributed by atoms with van der Waals surface area (Å²) in [5, 5.41) is -0.0241. The van der Waals surface area contributed by atoms with E-state index in [-0.39, 0.29) is 16.1 Å². The molecule has 88 valence electrons. The monoisotopic (exact) mass is 316 g/mol. The molecule has 3 nitrogen and oxygen atoms in total. The second-order valence-electron chi connectivity index (χ2n) is 3.43. The minimum Gasteiger partial charge on any atom is -0.313 e. The molecule has 0 aliphatic carbocycles. The molecule has 1 N–H and O–H groups in total. The van der Waals surface area contributed by atoms with E-state index in [9.17, 15) is 9.18 Å². The molecule has 0 atom stereocenters. The fourth-order valence-electron chi connectivity index (χ4n) is 1.45. The summed E-state index contributed by atoms with van der Waals surface area (Å²) in [7, 11) is 0. The average Bonchev–Trinajstić information content (AvgIpc) is 2.31. The van der Waals surface area contributed by atoms with Crippen LogP contribution in [0.3, 0.4) is 0 Å². The van der Waals surface area contributed by atoms with Crippen molar-refractivity contribution in [3.05, 3.63) is 49.7 Å². The maximum Gasteiger partial charge on any atom is 0.254 e. The quantitative estimate of drug-likeness (QED) is 0.820. The van der Waals surface area contributed by atoms with Crippen molar-refractivity contribution in [2.75, 3.05) is 0 Å². The van der Waals surface area contributed by atoms with Crippen LogP contribution in [0.25, 0.3) is 11.3 Å². The highest BCUT2D eigenvalue weighted by Gasteiger charge is 2.15. The zero-order chi connectivity index (χ0) is 12.6. The summed E-state index contributed by atoms with van der Waals surface area (Å²) in [5.41, 5.74) is 0.556. The Morgan fingerprint density at radius 1 is 1.47 bits per heavy atom. The van der Waals surface area contributed by atoms with Crippen LogP contribution in [0.15, 0.2) is 27.7 Å². The van der Waals surface area contributed by atoms with Gasteiger partial charge in [-0.2, -0.15) is 0 Å². The largest absolute Gasteiger partial charge is 0.313 e. The van der Waals surface area contributed by atoms with Crippen molar-refractivity contribution in [3.8, 4) is 11.3 Å². The summed E-state index contributed by atoms with van der Waals surface area (Å²) >= 11 is 8.91. The molecule has 0 saturated carbocycles. The van der Waals surface area contributed by atoms with Crippen molar-refractivity contribution in [2.24, 2.45) is 0 Å². The number of rotatable bonds is 1. The van der Waals surface area contributed by atoms with E-state index in [0.29, 0.717) is 15.7 Å². The zero-order valence-electron chi connectivity index (χ0n) is 8.72. The van der Waals surface area contributed by atoms with Crippen molar-refractivity contribution >= 4 is 27.5 Å². The molecule has 0 spiro atoms. The highest BCUT2D eigenvalue weighted by molar-refractivity contribution is 9.10. The normalized spacial score (nSPS) is 10.6. The number of aromatic amines is 1. The van der Waals surface area contributed by atoms with Crippen molar-refractivity contribution in [3.63, 3.8) is 0 Å². The molecular weight excluding hydrogens is 310 g/mol.